The molecule has 2 N–H and O–H groups in total. The third-order valence-electron chi connectivity index (χ3n) is 3.78. The molecule has 12 heteroatoms. The molecule has 2 rings (SSSR count). The first-order valence-electron chi connectivity index (χ1n) is 8.13. The van der Waals surface area contributed by atoms with E-state index in [1.54, 1.807) is 6.07 Å². The van der Waals surface area contributed by atoms with Crippen molar-refractivity contribution in [1.82, 2.24) is 0 Å². The second-order valence-electron chi connectivity index (χ2n) is 5.55. The number of benzene rings is 2. The largest absolute Gasteiger partial charge is 0.494 e. The number of nitro benzene ring substituents is 2. The number of nitrogens with one attached hydrogen (secondary N) is 2. The van der Waals surface area contributed by atoms with Crippen LogP contribution in [0.5, 0.6) is 11.5 Å². The van der Waals surface area contributed by atoms with Crippen LogP contribution in [0, 0.1) is 31.6 Å². The molecule has 0 saturated heterocycles. The van der Waals surface area contributed by atoms with Crippen molar-refractivity contribution in [2.75, 3.05) is 24.9 Å². The average Bonchev–Trinajstić information content (AvgIpc) is 2.74. The number of nitro groups is 2. The van der Waals surface area contributed by atoms with Crippen LogP contribution >= 0.6 is 0 Å². The molecule has 0 heterocycles. The van der Waals surface area contributed by atoms with Gasteiger partial charge in [-0.2, -0.15) is 5.26 Å². The molecule has 30 heavy (non-hydrogen) atoms. The maximum atomic E-state index is 12.4. The van der Waals surface area contributed by atoms with Gasteiger partial charge in [0.15, 0.2) is 0 Å². The zero-order valence-electron chi connectivity index (χ0n) is 15.7. The van der Waals surface area contributed by atoms with Crippen LogP contribution in [-0.2, 0) is 4.79 Å². The van der Waals surface area contributed by atoms with E-state index in [1.165, 1.54) is 44.6 Å². The highest BCUT2D eigenvalue weighted by Gasteiger charge is 2.16. The van der Waals surface area contributed by atoms with Gasteiger partial charge in [-0.3, -0.25) is 25.0 Å². The van der Waals surface area contributed by atoms with Crippen molar-refractivity contribution in [2.45, 2.75) is 0 Å². The smallest absolute Gasteiger partial charge is 0.273 e. The molecule has 0 bridgehead atoms. The van der Waals surface area contributed by atoms with Gasteiger partial charge in [0.25, 0.3) is 17.3 Å². The maximum absolute atomic E-state index is 12.4. The second-order valence-corrected chi connectivity index (χ2v) is 5.55. The zero-order chi connectivity index (χ0) is 22.3. The molecule has 2 aromatic carbocycles. The first kappa shape index (κ1) is 21.6. The van der Waals surface area contributed by atoms with Crippen molar-refractivity contribution in [1.29, 1.82) is 5.26 Å². The number of carbonyl (C=O) groups excluding carboxylic acids is 1. The Hall–Kier alpha value is -4.66. The fourth-order valence-electron chi connectivity index (χ4n) is 2.30. The van der Waals surface area contributed by atoms with Gasteiger partial charge in [0.1, 0.15) is 23.1 Å². The molecule has 0 fully saturated rings. The van der Waals surface area contributed by atoms with Crippen molar-refractivity contribution >= 4 is 28.7 Å². The molecule has 0 unspecified atom stereocenters. The van der Waals surface area contributed by atoms with E-state index >= 15 is 0 Å². The van der Waals surface area contributed by atoms with E-state index in [1.807, 2.05) is 0 Å². The van der Waals surface area contributed by atoms with Crippen molar-refractivity contribution < 1.29 is 24.1 Å². The van der Waals surface area contributed by atoms with Gasteiger partial charge >= 0.3 is 0 Å². The molecule has 0 aromatic heterocycles. The lowest BCUT2D eigenvalue weighted by Gasteiger charge is -2.10. The van der Waals surface area contributed by atoms with E-state index in [2.05, 4.69) is 10.6 Å². The number of anilines is 2. The third kappa shape index (κ3) is 4.98. The van der Waals surface area contributed by atoms with Crippen molar-refractivity contribution in [3.05, 3.63) is 68.4 Å². The molecular weight excluding hydrogens is 398 g/mol. The number of methoxy groups -OCH3 is 2. The first-order valence-corrected chi connectivity index (χ1v) is 8.13. The molecule has 0 saturated carbocycles. The molecule has 0 atom stereocenters. The summed E-state index contributed by atoms with van der Waals surface area (Å²) < 4.78 is 10.1. The molecule has 2 aromatic rings. The summed E-state index contributed by atoms with van der Waals surface area (Å²) in [6, 6.07) is 9.07. The van der Waals surface area contributed by atoms with E-state index in [9.17, 15) is 30.3 Å². The number of hydrogen-bond donors (Lipinski definition) is 2. The van der Waals surface area contributed by atoms with Gasteiger partial charge in [-0.05, 0) is 12.1 Å². The minimum Gasteiger partial charge on any atom is -0.494 e. The van der Waals surface area contributed by atoms with Gasteiger partial charge in [-0.15, -0.1) is 0 Å². The van der Waals surface area contributed by atoms with E-state index in [-0.39, 0.29) is 39.8 Å². The van der Waals surface area contributed by atoms with Crippen LogP contribution in [0.15, 0.2) is 48.2 Å². The number of ether oxygens (including phenoxy) is 2. The van der Waals surface area contributed by atoms with Crippen molar-refractivity contribution in [3.8, 4) is 17.6 Å². The fraction of sp³-hybridized carbons (Fsp3) is 0.111. The summed E-state index contributed by atoms with van der Waals surface area (Å²) >= 11 is 0. The number of nitrogens with zero attached hydrogens (tertiary/aromatic N) is 3. The minimum absolute atomic E-state index is 0.0415. The van der Waals surface area contributed by atoms with Gasteiger partial charge in [0.05, 0.1) is 47.6 Å². The van der Waals surface area contributed by atoms with E-state index in [0.29, 0.717) is 0 Å². The van der Waals surface area contributed by atoms with Crippen molar-refractivity contribution in [2.24, 2.45) is 0 Å². The molecule has 0 aliphatic heterocycles. The summed E-state index contributed by atoms with van der Waals surface area (Å²) in [5, 5.41) is 36.1. The van der Waals surface area contributed by atoms with Crippen molar-refractivity contribution in [3.63, 3.8) is 0 Å². The lowest BCUT2D eigenvalue weighted by Crippen LogP contribution is -2.15. The average molecular weight is 413 g/mol. The van der Waals surface area contributed by atoms with Gasteiger partial charge in [0.2, 0.25) is 0 Å². The minimum atomic E-state index is -0.807. The first-order chi connectivity index (χ1) is 14.3. The Labute approximate surface area is 169 Å². The Kier molecular flexibility index (Phi) is 6.86. The highest BCUT2D eigenvalue weighted by molar-refractivity contribution is 6.07. The monoisotopic (exact) mass is 413 g/mol. The number of rotatable bonds is 8. The summed E-state index contributed by atoms with van der Waals surface area (Å²) in [5.74, 6) is -0.631. The second kappa shape index (κ2) is 9.51. The topological polar surface area (TPSA) is 170 Å². The van der Waals surface area contributed by atoms with Gasteiger partial charge < -0.3 is 20.1 Å². The Morgan fingerprint density at radius 1 is 1.00 bits per heavy atom. The van der Waals surface area contributed by atoms with Crippen LogP contribution in [0.25, 0.3) is 0 Å². The summed E-state index contributed by atoms with van der Waals surface area (Å²) in [5.41, 5.74) is -0.340. The molecule has 0 radical (unpaired) electrons. The Balaban J connectivity index is 2.23. The SMILES string of the molecule is COc1cc([N+](=O)[O-])ccc1N/C=C(/C#N)C(=O)Nc1ccc([N+](=O)[O-])cc1OC. The quantitative estimate of drug-likeness (QED) is 0.286. The molecule has 12 nitrogen and oxygen atoms in total. The molecule has 154 valence electrons. The molecule has 0 spiro atoms. The number of non-ortho nitro benzene ring substituents is 2. The van der Waals surface area contributed by atoms with Crippen LogP contribution in [0.2, 0.25) is 0 Å². The fourth-order valence-corrected chi connectivity index (χ4v) is 2.30. The molecule has 1 amide bonds. The normalized spacial score (nSPS) is 10.5. The Morgan fingerprint density at radius 3 is 1.97 bits per heavy atom. The van der Waals surface area contributed by atoms with Crippen LogP contribution in [-0.4, -0.2) is 30.0 Å². The number of hydrogen-bond acceptors (Lipinski definition) is 9. The third-order valence-corrected chi connectivity index (χ3v) is 3.78. The Morgan fingerprint density at radius 2 is 1.50 bits per heavy atom. The van der Waals surface area contributed by atoms with Crippen LogP contribution < -0.4 is 20.1 Å². The maximum Gasteiger partial charge on any atom is 0.273 e. The standard InChI is InChI=1S/C18H15N5O7/c1-29-16-7-12(22(25)26)3-5-14(16)20-10-11(9-19)18(24)21-15-6-4-13(23(27)28)8-17(15)30-2/h3-8,10,20H,1-2H3,(H,21,24)/b11-10-. The zero-order valence-corrected chi connectivity index (χ0v) is 15.7. The summed E-state index contributed by atoms with van der Waals surface area (Å²) in [6.07, 6.45) is 1.09. The molecule has 0 aliphatic carbocycles. The number of nitriles is 1. The van der Waals surface area contributed by atoms with Gasteiger partial charge in [-0.25, -0.2) is 0 Å². The van der Waals surface area contributed by atoms with E-state index in [4.69, 9.17) is 9.47 Å². The Bertz CT molecular complexity index is 1080. The summed E-state index contributed by atoms with van der Waals surface area (Å²) in [4.78, 5) is 32.9. The molecular formula is C18H15N5O7. The highest BCUT2D eigenvalue weighted by Crippen LogP contribution is 2.30. The predicted molar refractivity (Wildman–Crippen MR) is 105 cm³/mol. The summed E-state index contributed by atoms with van der Waals surface area (Å²) in [6.45, 7) is 0. The van der Waals surface area contributed by atoms with Crippen LogP contribution in [0.1, 0.15) is 0 Å². The van der Waals surface area contributed by atoms with Gasteiger partial charge in [-0.1, -0.05) is 0 Å². The van der Waals surface area contributed by atoms with E-state index in [0.717, 1.165) is 12.3 Å². The lowest BCUT2D eigenvalue weighted by atomic mass is 10.2. The summed E-state index contributed by atoms with van der Waals surface area (Å²) in [7, 11) is 2.59. The highest BCUT2D eigenvalue weighted by atomic mass is 16.6. The predicted octanol–water partition coefficient (Wildman–Crippen LogP) is 2.98. The van der Waals surface area contributed by atoms with Crippen LogP contribution in [0.3, 0.4) is 0 Å². The molecule has 0 aliphatic rings. The van der Waals surface area contributed by atoms with E-state index < -0.39 is 15.8 Å². The van der Waals surface area contributed by atoms with Gasteiger partial charge in [0, 0.05) is 18.3 Å². The number of carbonyl (C=O) groups is 1. The lowest BCUT2D eigenvalue weighted by molar-refractivity contribution is -0.385. The van der Waals surface area contributed by atoms with Crippen LogP contribution in [0.4, 0.5) is 22.7 Å². The number of amides is 1.